The zero-order chi connectivity index (χ0) is 13.3. The number of furan rings is 1. The molecule has 0 spiro atoms. The monoisotopic (exact) mass is 271 g/mol. The number of carbonyl (C=O) groups is 1. The molecule has 0 bridgehead atoms. The van der Waals surface area contributed by atoms with Gasteiger partial charge in [-0.1, -0.05) is 0 Å². The molecule has 0 radical (unpaired) electrons. The van der Waals surface area contributed by atoms with Crippen LogP contribution in [0, 0.1) is 5.92 Å². The largest absolute Gasteiger partial charge is 0.440 e. The molecule has 0 saturated heterocycles. The maximum Gasteiger partial charge on any atom is 0.276 e. The lowest BCUT2D eigenvalue weighted by atomic mass is 10.3. The SMILES string of the molecule is CC(C)N(CC1CC1)S(=O)(=O)c1ccc(C=O)o1. The van der Waals surface area contributed by atoms with Gasteiger partial charge in [0.15, 0.2) is 12.0 Å². The zero-order valence-corrected chi connectivity index (χ0v) is 11.3. The minimum Gasteiger partial charge on any atom is -0.440 e. The Kier molecular flexibility index (Phi) is 3.59. The van der Waals surface area contributed by atoms with E-state index in [2.05, 4.69) is 0 Å². The number of carbonyl (C=O) groups excluding carboxylic acids is 1. The van der Waals surface area contributed by atoms with Gasteiger partial charge in [0, 0.05) is 12.6 Å². The summed E-state index contributed by atoms with van der Waals surface area (Å²) >= 11 is 0. The normalized spacial score (nSPS) is 16.4. The van der Waals surface area contributed by atoms with Crippen LogP contribution >= 0.6 is 0 Å². The average molecular weight is 271 g/mol. The molecular weight excluding hydrogens is 254 g/mol. The van der Waals surface area contributed by atoms with Gasteiger partial charge in [0.1, 0.15) is 0 Å². The van der Waals surface area contributed by atoms with Crippen LogP contribution < -0.4 is 0 Å². The summed E-state index contributed by atoms with van der Waals surface area (Å²) in [6.45, 7) is 4.20. The van der Waals surface area contributed by atoms with Gasteiger partial charge in [0.05, 0.1) is 0 Å². The van der Waals surface area contributed by atoms with Crippen LogP contribution in [0.4, 0.5) is 0 Å². The van der Waals surface area contributed by atoms with Crippen molar-refractivity contribution in [3.8, 4) is 0 Å². The molecule has 100 valence electrons. The molecule has 0 N–H and O–H groups in total. The molecule has 0 aliphatic heterocycles. The Morgan fingerprint density at radius 3 is 2.56 bits per heavy atom. The van der Waals surface area contributed by atoms with Crippen molar-refractivity contribution in [3.05, 3.63) is 17.9 Å². The third-order valence-electron chi connectivity index (χ3n) is 2.99. The second-order valence-electron chi connectivity index (χ2n) is 4.89. The van der Waals surface area contributed by atoms with E-state index >= 15 is 0 Å². The molecule has 0 amide bonds. The van der Waals surface area contributed by atoms with Crippen molar-refractivity contribution in [1.29, 1.82) is 0 Å². The van der Waals surface area contributed by atoms with Crippen molar-refractivity contribution < 1.29 is 17.6 Å². The smallest absolute Gasteiger partial charge is 0.276 e. The van der Waals surface area contributed by atoms with Crippen LogP contribution in [0.1, 0.15) is 37.2 Å². The molecule has 1 aliphatic rings. The minimum atomic E-state index is -3.64. The Balaban J connectivity index is 2.28. The van der Waals surface area contributed by atoms with Crippen LogP contribution in [0.5, 0.6) is 0 Å². The second-order valence-corrected chi connectivity index (χ2v) is 6.71. The van der Waals surface area contributed by atoms with Gasteiger partial charge >= 0.3 is 0 Å². The van der Waals surface area contributed by atoms with E-state index in [4.69, 9.17) is 4.42 Å². The lowest BCUT2D eigenvalue weighted by Gasteiger charge is -2.24. The number of nitrogens with zero attached hydrogens (tertiary/aromatic N) is 1. The lowest BCUT2D eigenvalue weighted by Crippen LogP contribution is -2.38. The van der Waals surface area contributed by atoms with Crippen molar-refractivity contribution in [2.45, 2.75) is 37.8 Å². The summed E-state index contributed by atoms with van der Waals surface area (Å²) in [6, 6.07) is 2.58. The molecule has 6 heteroatoms. The Bertz CT molecular complexity index is 528. The predicted molar refractivity (Wildman–Crippen MR) is 65.8 cm³/mol. The summed E-state index contributed by atoms with van der Waals surface area (Å²) in [7, 11) is -3.64. The molecule has 1 heterocycles. The maximum absolute atomic E-state index is 12.4. The van der Waals surface area contributed by atoms with Gasteiger partial charge in [-0.25, -0.2) is 8.42 Å². The number of hydrogen-bond donors (Lipinski definition) is 0. The lowest BCUT2D eigenvalue weighted by molar-refractivity contribution is 0.109. The molecule has 1 aromatic heterocycles. The highest BCUT2D eigenvalue weighted by Gasteiger charge is 2.35. The molecule has 18 heavy (non-hydrogen) atoms. The third-order valence-corrected chi connectivity index (χ3v) is 4.91. The maximum atomic E-state index is 12.4. The zero-order valence-electron chi connectivity index (χ0n) is 10.5. The summed E-state index contributed by atoms with van der Waals surface area (Å²) in [5, 5.41) is -0.154. The molecule has 1 saturated carbocycles. The van der Waals surface area contributed by atoms with Crippen molar-refractivity contribution in [2.75, 3.05) is 6.54 Å². The molecule has 0 atom stereocenters. The fraction of sp³-hybridized carbons (Fsp3) is 0.583. The fourth-order valence-electron chi connectivity index (χ4n) is 1.79. The number of sulfonamides is 1. The molecule has 1 fully saturated rings. The van der Waals surface area contributed by atoms with Crippen LogP contribution in [-0.4, -0.2) is 31.6 Å². The van der Waals surface area contributed by atoms with Gasteiger partial charge in [-0.15, -0.1) is 0 Å². The van der Waals surface area contributed by atoms with Crippen molar-refractivity contribution in [3.63, 3.8) is 0 Å². The first-order chi connectivity index (χ1) is 8.45. The van der Waals surface area contributed by atoms with E-state index in [1.54, 1.807) is 0 Å². The van der Waals surface area contributed by atoms with Gasteiger partial charge < -0.3 is 4.42 Å². The quantitative estimate of drug-likeness (QED) is 0.741. The van der Waals surface area contributed by atoms with Crippen LogP contribution in [-0.2, 0) is 10.0 Å². The summed E-state index contributed by atoms with van der Waals surface area (Å²) in [6.07, 6.45) is 2.66. The van der Waals surface area contributed by atoms with E-state index in [9.17, 15) is 13.2 Å². The minimum absolute atomic E-state index is 0.0312. The predicted octanol–water partition coefficient (Wildman–Crippen LogP) is 1.90. The van der Waals surface area contributed by atoms with Gasteiger partial charge in [-0.2, -0.15) is 4.31 Å². The van der Waals surface area contributed by atoms with Gasteiger partial charge in [0.2, 0.25) is 5.09 Å². The first-order valence-corrected chi connectivity index (χ1v) is 7.46. The van der Waals surface area contributed by atoms with E-state index < -0.39 is 10.0 Å². The highest BCUT2D eigenvalue weighted by Crippen LogP contribution is 2.32. The van der Waals surface area contributed by atoms with E-state index in [1.807, 2.05) is 13.8 Å². The number of rotatable bonds is 6. The van der Waals surface area contributed by atoms with Crippen LogP contribution in [0.15, 0.2) is 21.6 Å². The average Bonchev–Trinajstić information content (AvgIpc) is 2.99. The number of hydrogen-bond acceptors (Lipinski definition) is 4. The first-order valence-electron chi connectivity index (χ1n) is 6.02. The Morgan fingerprint density at radius 2 is 2.11 bits per heavy atom. The fourth-order valence-corrected chi connectivity index (χ4v) is 3.43. The van der Waals surface area contributed by atoms with Gasteiger partial charge in [0.25, 0.3) is 10.0 Å². The first kappa shape index (κ1) is 13.3. The Hall–Kier alpha value is -1.14. The molecule has 5 nitrogen and oxygen atoms in total. The highest BCUT2D eigenvalue weighted by atomic mass is 32.2. The summed E-state index contributed by atoms with van der Waals surface area (Å²) in [5.74, 6) is 0.492. The highest BCUT2D eigenvalue weighted by molar-refractivity contribution is 7.89. The van der Waals surface area contributed by atoms with E-state index in [-0.39, 0.29) is 16.9 Å². The number of aldehydes is 1. The van der Waals surface area contributed by atoms with Crippen LogP contribution in [0.3, 0.4) is 0 Å². The third kappa shape index (κ3) is 2.64. The molecule has 2 rings (SSSR count). The summed E-state index contributed by atoms with van der Waals surface area (Å²) in [4.78, 5) is 10.5. The summed E-state index contributed by atoms with van der Waals surface area (Å²) in [5.41, 5.74) is 0. The van der Waals surface area contributed by atoms with Crippen molar-refractivity contribution >= 4 is 16.3 Å². The van der Waals surface area contributed by atoms with Crippen LogP contribution in [0.2, 0.25) is 0 Å². The van der Waals surface area contributed by atoms with E-state index in [0.717, 1.165) is 12.8 Å². The Morgan fingerprint density at radius 1 is 1.44 bits per heavy atom. The molecule has 1 aromatic rings. The second kappa shape index (κ2) is 4.85. The Labute approximate surface area is 107 Å². The van der Waals surface area contributed by atoms with Crippen LogP contribution in [0.25, 0.3) is 0 Å². The summed E-state index contributed by atoms with van der Waals surface area (Å²) < 4.78 is 31.2. The van der Waals surface area contributed by atoms with E-state index in [0.29, 0.717) is 18.7 Å². The topological polar surface area (TPSA) is 67.6 Å². The van der Waals surface area contributed by atoms with Crippen molar-refractivity contribution in [1.82, 2.24) is 4.31 Å². The molecule has 0 aromatic carbocycles. The van der Waals surface area contributed by atoms with Gasteiger partial charge in [-0.05, 0) is 44.7 Å². The standard InChI is InChI=1S/C12H17NO4S/c1-9(2)13(7-10-3-4-10)18(15,16)12-6-5-11(8-14)17-12/h5-6,8-10H,3-4,7H2,1-2H3. The molecule has 1 aliphatic carbocycles. The van der Waals surface area contributed by atoms with Gasteiger partial charge in [-0.3, -0.25) is 4.79 Å². The van der Waals surface area contributed by atoms with Crippen molar-refractivity contribution in [2.24, 2.45) is 5.92 Å². The molecule has 0 unspecified atom stereocenters. The molecular formula is C12H17NO4S. The van der Waals surface area contributed by atoms with E-state index in [1.165, 1.54) is 16.4 Å².